The van der Waals surface area contributed by atoms with Gasteiger partial charge >= 0.3 is 0 Å². The quantitative estimate of drug-likeness (QED) is 0.475. The molecule has 2 aromatic carbocycles. The van der Waals surface area contributed by atoms with E-state index in [2.05, 4.69) is 17.4 Å². The van der Waals surface area contributed by atoms with Crippen LogP contribution in [0.4, 0.5) is 0 Å². The van der Waals surface area contributed by atoms with Crippen LogP contribution < -0.4 is 14.8 Å². The fraction of sp³-hybridized carbons (Fsp3) is 0.500. The highest BCUT2D eigenvalue weighted by atomic mass is 16.5. The summed E-state index contributed by atoms with van der Waals surface area (Å²) in [4.78, 5) is 0. The summed E-state index contributed by atoms with van der Waals surface area (Å²) in [7, 11) is 0. The summed E-state index contributed by atoms with van der Waals surface area (Å²) < 4.78 is 11.4. The minimum absolute atomic E-state index is 0.275. The molecule has 0 fully saturated rings. The van der Waals surface area contributed by atoms with Crippen LogP contribution in [0.25, 0.3) is 0 Å². The van der Waals surface area contributed by atoms with Gasteiger partial charge in [0.05, 0.1) is 12.2 Å². The van der Waals surface area contributed by atoms with Gasteiger partial charge in [0.25, 0.3) is 0 Å². The molecule has 0 aliphatic heterocycles. The zero-order valence-corrected chi connectivity index (χ0v) is 18.1. The number of aliphatic hydroxyl groups is 2. The molecular weight excluding hydrogens is 366 g/mol. The van der Waals surface area contributed by atoms with Crippen molar-refractivity contribution in [1.29, 1.82) is 0 Å². The SMILES string of the molecule is Cc1cc(C)cc(OC[C@@H](O)CCNCC[C@H](O)COc2cc(C)cc(C)c2)c1. The minimum atomic E-state index is -0.527. The molecule has 0 heterocycles. The number of ether oxygens (including phenoxy) is 2. The average molecular weight is 402 g/mol. The van der Waals surface area contributed by atoms with Crippen LogP contribution in [0.5, 0.6) is 11.5 Å². The van der Waals surface area contributed by atoms with E-state index < -0.39 is 12.2 Å². The van der Waals surface area contributed by atoms with Gasteiger partial charge in [-0.2, -0.15) is 0 Å². The summed E-state index contributed by atoms with van der Waals surface area (Å²) in [6.45, 7) is 10.0. The van der Waals surface area contributed by atoms with Crippen LogP contribution in [0.15, 0.2) is 36.4 Å². The first-order valence-electron chi connectivity index (χ1n) is 10.3. The Morgan fingerprint density at radius 3 is 1.34 bits per heavy atom. The second-order valence-corrected chi connectivity index (χ2v) is 7.90. The van der Waals surface area contributed by atoms with Crippen molar-refractivity contribution < 1.29 is 19.7 Å². The van der Waals surface area contributed by atoms with Gasteiger partial charge in [-0.3, -0.25) is 0 Å². The lowest BCUT2D eigenvalue weighted by Gasteiger charge is -2.15. The number of hydrogen-bond acceptors (Lipinski definition) is 5. The van der Waals surface area contributed by atoms with E-state index in [0.29, 0.717) is 25.9 Å². The van der Waals surface area contributed by atoms with Crippen LogP contribution in [0.3, 0.4) is 0 Å². The van der Waals surface area contributed by atoms with Crippen LogP contribution in [0.1, 0.15) is 35.1 Å². The van der Waals surface area contributed by atoms with Crippen LogP contribution >= 0.6 is 0 Å². The van der Waals surface area contributed by atoms with E-state index in [4.69, 9.17) is 9.47 Å². The summed E-state index contributed by atoms with van der Waals surface area (Å²) in [6.07, 6.45) is 0.141. The molecular formula is C24H35NO4. The Morgan fingerprint density at radius 1 is 0.655 bits per heavy atom. The van der Waals surface area contributed by atoms with Crippen molar-refractivity contribution in [3.63, 3.8) is 0 Å². The van der Waals surface area contributed by atoms with Crippen molar-refractivity contribution in [2.45, 2.75) is 52.7 Å². The Morgan fingerprint density at radius 2 is 1.00 bits per heavy atom. The number of nitrogens with one attached hydrogen (secondary N) is 1. The van der Waals surface area contributed by atoms with E-state index in [1.807, 2.05) is 52.0 Å². The number of aryl methyl sites for hydroxylation is 4. The first-order chi connectivity index (χ1) is 13.8. The van der Waals surface area contributed by atoms with Gasteiger partial charge in [0.1, 0.15) is 24.7 Å². The summed E-state index contributed by atoms with van der Waals surface area (Å²) in [5.74, 6) is 1.59. The van der Waals surface area contributed by atoms with Crippen LogP contribution in [-0.4, -0.2) is 48.7 Å². The highest BCUT2D eigenvalue weighted by molar-refractivity contribution is 5.33. The molecule has 3 N–H and O–H groups in total. The van der Waals surface area contributed by atoms with Crippen molar-refractivity contribution in [3.8, 4) is 11.5 Å². The maximum atomic E-state index is 10.1. The Balaban J connectivity index is 1.55. The maximum Gasteiger partial charge on any atom is 0.119 e. The van der Waals surface area contributed by atoms with Gasteiger partial charge in [0, 0.05) is 0 Å². The van der Waals surface area contributed by atoms with Gasteiger partial charge in [-0.1, -0.05) is 12.1 Å². The predicted octanol–water partition coefficient (Wildman–Crippen LogP) is 3.47. The lowest BCUT2D eigenvalue weighted by molar-refractivity contribution is 0.0941. The van der Waals surface area contributed by atoms with Crippen molar-refractivity contribution in [2.75, 3.05) is 26.3 Å². The minimum Gasteiger partial charge on any atom is -0.491 e. The first-order valence-corrected chi connectivity index (χ1v) is 10.3. The summed E-state index contributed by atoms with van der Waals surface area (Å²) in [5.41, 5.74) is 4.60. The molecule has 160 valence electrons. The fourth-order valence-corrected chi connectivity index (χ4v) is 3.25. The van der Waals surface area contributed by atoms with E-state index in [-0.39, 0.29) is 13.2 Å². The Kier molecular flexibility index (Phi) is 9.45. The third-order valence-corrected chi connectivity index (χ3v) is 4.58. The fourth-order valence-electron chi connectivity index (χ4n) is 3.25. The van der Waals surface area contributed by atoms with E-state index in [9.17, 15) is 10.2 Å². The molecule has 0 unspecified atom stereocenters. The van der Waals surface area contributed by atoms with Crippen molar-refractivity contribution in [2.24, 2.45) is 0 Å². The number of aliphatic hydroxyl groups excluding tert-OH is 2. The molecule has 0 bridgehead atoms. The zero-order valence-electron chi connectivity index (χ0n) is 18.1. The van der Waals surface area contributed by atoms with Crippen LogP contribution in [-0.2, 0) is 0 Å². The number of hydrogen-bond donors (Lipinski definition) is 3. The van der Waals surface area contributed by atoms with E-state index >= 15 is 0 Å². The van der Waals surface area contributed by atoms with Gasteiger partial charge in [-0.05, 0) is 100 Å². The Bertz CT molecular complexity index is 659. The van der Waals surface area contributed by atoms with Gasteiger partial charge in [0.2, 0.25) is 0 Å². The number of rotatable bonds is 12. The molecule has 2 atom stereocenters. The maximum absolute atomic E-state index is 10.1. The highest BCUT2D eigenvalue weighted by Gasteiger charge is 2.08. The third kappa shape index (κ3) is 9.31. The molecule has 2 aromatic rings. The molecule has 0 amide bonds. The largest absolute Gasteiger partial charge is 0.491 e. The topological polar surface area (TPSA) is 71.0 Å². The average Bonchev–Trinajstić information content (AvgIpc) is 2.63. The van der Waals surface area contributed by atoms with Gasteiger partial charge in [-0.15, -0.1) is 0 Å². The molecule has 5 nitrogen and oxygen atoms in total. The van der Waals surface area contributed by atoms with E-state index in [0.717, 1.165) is 33.8 Å². The highest BCUT2D eigenvalue weighted by Crippen LogP contribution is 2.17. The van der Waals surface area contributed by atoms with Crippen molar-refractivity contribution in [1.82, 2.24) is 5.32 Å². The standard InChI is InChI=1S/C24H35NO4/c1-17-9-18(2)12-23(11-17)28-15-21(26)5-7-25-8-6-22(27)16-29-24-13-19(3)10-20(4)14-24/h9-14,21-22,25-27H,5-8,15-16H2,1-4H3/t21-,22-/m0/s1. The molecule has 0 saturated heterocycles. The zero-order chi connectivity index (χ0) is 21.2. The first kappa shape index (κ1) is 23.2. The van der Waals surface area contributed by atoms with Crippen LogP contribution in [0, 0.1) is 27.7 Å². The van der Waals surface area contributed by atoms with Gasteiger partial charge in [-0.25, -0.2) is 0 Å². The predicted molar refractivity (Wildman–Crippen MR) is 117 cm³/mol. The molecule has 0 aromatic heterocycles. The summed E-state index contributed by atoms with van der Waals surface area (Å²) >= 11 is 0. The van der Waals surface area contributed by atoms with Gasteiger partial charge < -0.3 is 25.0 Å². The monoisotopic (exact) mass is 401 g/mol. The Hall–Kier alpha value is -2.08. The number of benzene rings is 2. The molecule has 0 saturated carbocycles. The second kappa shape index (κ2) is 11.8. The van der Waals surface area contributed by atoms with Crippen LogP contribution in [0.2, 0.25) is 0 Å². The van der Waals surface area contributed by atoms with E-state index in [1.165, 1.54) is 0 Å². The van der Waals surface area contributed by atoms with E-state index in [1.54, 1.807) is 0 Å². The summed E-state index contributed by atoms with van der Waals surface area (Å²) in [6, 6.07) is 12.1. The third-order valence-electron chi connectivity index (χ3n) is 4.58. The molecule has 0 radical (unpaired) electrons. The van der Waals surface area contributed by atoms with Crippen molar-refractivity contribution >= 4 is 0 Å². The Labute approximate surface area is 174 Å². The second-order valence-electron chi connectivity index (χ2n) is 7.90. The molecule has 0 aliphatic carbocycles. The lowest BCUT2D eigenvalue weighted by atomic mass is 10.1. The molecule has 0 spiro atoms. The molecule has 0 aliphatic rings. The van der Waals surface area contributed by atoms with Crippen molar-refractivity contribution in [3.05, 3.63) is 58.7 Å². The smallest absolute Gasteiger partial charge is 0.119 e. The summed E-state index contributed by atoms with van der Waals surface area (Å²) in [5, 5.41) is 23.4. The molecule has 5 heteroatoms. The molecule has 29 heavy (non-hydrogen) atoms. The normalized spacial score (nSPS) is 13.2. The molecule has 2 rings (SSSR count). The van der Waals surface area contributed by atoms with Gasteiger partial charge in [0.15, 0.2) is 0 Å². The lowest BCUT2D eigenvalue weighted by Crippen LogP contribution is -2.28.